The number of methoxy groups -OCH3 is 2. The summed E-state index contributed by atoms with van der Waals surface area (Å²) in [5.74, 6) is 1.67. The molecule has 1 saturated heterocycles. The average molecular weight is 291 g/mol. The highest BCUT2D eigenvalue weighted by Gasteiger charge is 2.34. The smallest absolute Gasteiger partial charge is 0.163 e. The highest BCUT2D eigenvalue weighted by atomic mass is 16.5. The summed E-state index contributed by atoms with van der Waals surface area (Å²) in [4.78, 5) is 11.4. The van der Waals surface area contributed by atoms with Crippen molar-refractivity contribution in [1.29, 1.82) is 0 Å². The highest BCUT2D eigenvalue weighted by molar-refractivity contribution is 5.87. The van der Waals surface area contributed by atoms with E-state index >= 15 is 0 Å². The third-order valence-corrected chi connectivity index (χ3v) is 4.02. The lowest BCUT2D eigenvalue weighted by atomic mass is 10.2. The second-order valence-corrected chi connectivity index (χ2v) is 5.45. The van der Waals surface area contributed by atoms with Gasteiger partial charge in [-0.1, -0.05) is 0 Å². The minimum Gasteiger partial charge on any atom is -0.383 e. The zero-order chi connectivity index (χ0) is 15.0. The van der Waals surface area contributed by atoms with Crippen molar-refractivity contribution in [3.05, 3.63) is 12.0 Å². The Morgan fingerprint density at radius 1 is 1.33 bits per heavy atom. The summed E-state index contributed by atoms with van der Waals surface area (Å²) in [6.45, 7) is 3.38. The zero-order valence-electron chi connectivity index (χ0n) is 12.9. The molecular weight excluding hydrogens is 270 g/mol. The molecule has 1 fully saturated rings. The Bertz CT molecular complexity index is 642. The van der Waals surface area contributed by atoms with Crippen LogP contribution in [-0.2, 0) is 16.5 Å². The zero-order valence-corrected chi connectivity index (χ0v) is 12.9. The molecule has 2 aromatic rings. The van der Waals surface area contributed by atoms with Gasteiger partial charge in [0.05, 0.1) is 30.3 Å². The Morgan fingerprint density at radius 2 is 2.14 bits per heavy atom. The third kappa shape index (κ3) is 2.47. The van der Waals surface area contributed by atoms with E-state index < -0.39 is 0 Å². The van der Waals surface area contributed by atoms with Gasteiger partial charge in [0.2, 0.25) is 0 Å². The Kier molecular flexibility index (Phi) is 3.77. The molecule has 2 aromatic heterocycles. The number of rotatable bonds is 4. The van der Waals surface area contributed by atoms with Crippen LogP contribution in [0.2, 0.25) is 0 Å². The monoisotopic (exact) mass is 291 g/mol. The van der Waals surface area contributed by atoms with Crippen molar-refractivity contribution in [2.45, 2.75) is 25.5 Å². The molecule has 0 unspecified atom stereocenters. The molecule has 3 heterocycles. The Balaban J connectivity index is 2.05. The lowest BCUT2D eigenvalue weighted by Gasteiger charge is -2.25. The number of aromatic nitrogens is 4. The molecule has 0 saturated carbocycles. The third-order valence-electron chi connectivity index (χ3n) is 4.02. The van der Waals surface area contributed by atoms with Gasteiger partial charge in [0.1, 0.15) is 11.6 Å². The van der Waals surface area contributed by atoms with E-state index in [-0.39, 0.29) is 12.1 Å². The molecule has 114 valence electrons. The summed E-state index contributed by atoms with van der Waals surface area (Å²) in [5.41, 5.74) is 0.856. The second-order valence-electron chi connectivity index (χ2n) is 5.45. The fourth-order valence-corrected chi connectivity index (χ4v) is 2.99. The first kappa shape index (κ1) is 14.2. The molecule has 1 aliphatic rings. The SMILES string of the molecule is COC[C@@H]1C[C@@H](OC)CN1c1nc(C)nc2c1cnn2C. The quantitative estimate of drug-likeness (QED) is 0.834. The summed E-state index contributed by atoms with van der Waals surface area (Å²) in [6.07, 6.45) is 2.97. The fourth-order valence-electron chi connectivity index (χ4n) is 2.99. The van der Waals surface area contributed by atoms with Gasteiger partial charge < -0.3 is 14.4 Å². The van der Waals surface area contributed by atoms with Crippen molar-refractivity contribution in [1.82, 2.24) is 19.7 Å². The lowest BCUT2D eigenvalue weighted by molar-refractivity contribution is 0.111. The van der Waals surface area contributed by atoms with Crippen molar-refractivity contribution in [2.75, 3.05) is 32.3 Å². The van der Waals surface area contributed by atoms with Gasteiger partial charge in [-0.2, -0.15) is 5.10 Å². The summed E-state index contributed by atoms with van der Waals surface area (Å²) >= 11 is 0. The second kappa shape index (κ2) is 5.57. The van der Waals surface area contributed by atoms with Gasteiger partial charge in [-0.3, -0.25) is 4.68 Å². The van der Waals surface area contributed by atoms with Gasteiger partial charge in [-0.05, 0) is 13.3 Å². The summed E-state index contributed by atoms with van der Waals surface area (Å²) in [5, 5.41) is 5.28. The Labute approximate surface area is 123 Å². The molecule has 0 radical (unpaired) electrons. The predicted octanol–water partition coefficient (Wildman–Crippen LogP) is 0.912. The molecule has 0 aromatic carbocycles. The van der Waals surface area contributed by atoms with E-state index in [0.717, 1.165) is 35.6 Å². The van der Waals surface area contributed by atoms with E-state index in [4.69, 9.17) is 9.47 Å². The van der Waals surface area contributed by atoms with Crippen LogP contribution in [0.1, 0.15) is 12.2 Å². The summed E-state index contributed by atoms with van der Waals surface area (Å²) in [6, 6.07) is 0.262. The molecule has 0 aliphatic carbocycles. The van der Waals surface area contributed by atoms with Crippen LogP contribution in [0.25, 0.3) is 11.0 Å². The molecular formula is C14H21N5O2. The van der Waals surface area contributed by atoms with Crippen molar-refractivity contribution in [3.8, 4) is 0 Å². The van der Waals surface area contributed by atoms with Gasteiger partial charge in [-0.15, -0.1) is 0 Å². The number of anilines is 1. The number of nitrogens with zero attached hydrogens (tertiary/aromatic N) is 5. The van der Waals surface area contributed by atoms with E-state index in [1.165, 1.54) is 0 Å². The Hall–Kier alpha value is -1.73. The molecule has 1 aliphatic heterocycles. The number of ether oxygens (including phenoxy) is 2. The summed E-state index contributed by atoms with van der Waals surface area (Å²) < 4.78 is 12.7. The average Bonchev–Trinajstić information content (AvgIpc) is 3.03. The molecule has 0 spiro atoms. The normalized spacial score (nSPS) is 22.4. The first-order valence-corrected chi connectivity index (χ1v) is 7.08. The summed E-state index contributed by atoms with van der Waals surface area (Å²) in [7, 11) is 5.37. The van der Waals surface area contributed by atoms with Crippen molar-refractivity contribution < 1.29 is 9.47 Å². The molecule has 0 bridgehead atoms. The standard InChI is InChI=1S/C14H21N5O2/c1-9-16-13-12(6-15-18(13)2)14(17-9)19-7-11(21-4)5-10(19)8-20-3/h6,10-11H,5,7-8H2,1-4H3/t10-,11+/m0/s1. The van der Waals surface area contributed by atoms with Crippen LogP contribution in [0.5, 0.6) is 0 Å². The lowest BCUT2D eigenvalue weighted by Crippen LogP contribution is -2.34. The maximum absolute atomic E-state index is 5.53. The molecule has 0 N–H and O–H groups in total. The van der Waals surface area contributed by atoms with Crippen LogP contribution in [0.4, 0.5) is 5.82 Å². The van der Waals surface area contributed by atoms with E-state index in [2.05, 4.69) is 20.0 Å². The molecule has 3 rings (SSSR count). The molecule has 7 nitrogen and oxygen atoms in total. The molecule has 21 heavy (non-hydrogen) atoms. The number of hydrogen-bond acceptors (Lipinski definition) is 6. The highest BCUT2D eigenvalue weighted by Crippen LogP contribution is 2.31. The van der Waals surface area contributed by atoms with Crippen molar-refractivity contribution >= 4 is 16.9 Å². The first-order valence-electron chi connectivity index (χ1n) is 7.08. The Morgan fingerprint density at radius 3 is 2.86 bits per heavy atom. The minimum absolute atomic E-state index is 0.201. The van der Waals surface area contributed by atoms with Gasteiger partial charge in [-0.25, -0.2) is 9.97 Å². The fraction of sp³-hybridized carbons (Fsp3) is 0.643. The van der Waals surface area contributed by atoms with Gasteiger partial charge >= 0.3 is 0 Å². The maximum atomic E-state index is 5.53. The number of hydrogen-bond donors (Lipinski definition) is 0. The first-order chi connectivity index (χ1) is 10.1. The minimum atomic E-state index is 0.201. The maximum Gasteiger partial charge on any atom is 0.163 e. The van der Waals surface area contributed by atoms with Crippen molar-refractivity contribution in [3.63, 3.8) is 0 Å². The largest absolute Gasteiger partial charge is 0.383 e. The van der Waals surface area contributed by atoms with Crippen LogP contribution >= 0.6 is 0 Å². The van der Waals surface area contributed by atoms with Gasteiger partial charge in [0.15, 0.2) is 5.65 Å². The predicted molar refractivity (Wildman–Crippen MR) is 79.5 cm³/mol. The topological polar surface area (TPSA) is 65.3 Å². The van der Waals surface area contributed by atoms with E-state index in [1.807, 2.05) is 20.2 Å². The number of aryl methyl sites for hydroxylation is 2. The van der Waals surface area contributed by atoms with Gasteiger partial charge in [0.25, 0.3) is 0 Å². The van der Waals surface area contributed by atoms with Crippen LogP contribution < -0.4 is 4.90 Å². The van der Waals surface area contributed by atoms with Crippen LogP contribution in [0, 0.1) is 6.92 Å². The van der Waals surface area contributed by atoms with Crippen LogP contribution in [-0.4, -0.2) is 59.3 Å². The molecule has 2 atom stereocenters. The molecule has 0 amide bonds. The molecule has 7 heteroatoms. The van der Waals surface area contributed by atoms with E-state index in [0.29, 0.717) is 6.61 Å². The van der Waals surface area contributed by atoms with Crippen LogP contribution in [0.3, 0.4) is 0 Å². The van der Waals surface area contributed by atoms with Crippen molar-refractivity contribution in [2.24, 2.45) is 7.05 Å². The van der Waals surface area contributed by atoms with E-state index in [1.54, 1.807) is 18.9 Å². The van der Waals surface area contributed by atoms with E-state index in [9.17, 15) is 0 Å². The van der Waals surface area contributed by atoms with Gasteiger partial charge in [0, 0.05) is 27.8 Å². The number of fused-ring (bicyclic) bond motifs is 1. The van der Waals surface area contributed by atoms with Crippen LogP contribution in [0.15, 0.2) is 6.20 Å².